The second-order valence-electron chi connectivity index (χ2n) is 7.32. The van der Waals surface area contributed by atoms with Crippen molar-refractivity contribution in [2.24, 2.45) is 0 Å². The van der Waals surface area contributed by atoms with Gasteiger partial charge < -0.3 is 19.7 Å². The molecule has 2 N–H and O–H groups in total. The first-order valence-corrected chi connectivity index (χ1v) is 10.5. The average Bonchev–Trinajstić information content (AvgIpc) is 2.85. The molecule has 2 aliphatic rings. The lowest BCUT2D eigenvalue weighted by molar-refractivity contribution is 0.0427. The number of carbonyl (C=O) groups is 4. The minimum atomic E-state index is -0.970. The maximum atomic E-state index is 11.5. The fraction of sp³-hybridized carbons (Fsp3) is 0.154. The van der Waals surface area contributed by atoms with Gasteiger partial charge in [-0.15, -0.1) is 0 Å². The Bertz CT molecular complexity index is 1070. The van der Waals surface area contributed by atoms with Crippen LogP contribution in [0, 0.1) is 0 Å². The van der Waals surface area contributed by atoms with Crippen LogP contribution < -0.4 is 0 Å². The van der Waals surface area contributed by atoms with E-state index in [2.05, 4.69) is 0 Å². The van der Waals surface area contributed by atoms with E-state index in [0.29, 0.717) is 37.2 Å². The van der Waals surface area contributed by atoms with Crippen molar-refractivity contribution in [1.29, 1.82) is 0 Å². The molecule has 0 aromatic heterocycles. The molecule has 8 heteroatoms. The van der Waals surface area contributed by atoms with E-state index in [-0.39, 0.29) is 23.1 Å². The van der Waals surface area contributed by atoms with Crippen molar-refractivity contribution in [3.63, 3.8) is 0 Å². The Hall–Kier alpha value is -4.46. The maximum Gasteiger partial charge on any atom is 0.338 e. The monoisotopic (exact) mass is 462 g/mol. The van der Waals surface area contributed by atoms with Crippen LogP contribution in [-0.4, -0.2) is 47.3 Å². The molecule has 3 aromatic carbocycles. The van der Waals surface area contributed by atoms with Crippen LogP contribution in [0.1, 0.15) is 54.3 Å². The van der Waals surface area contributed by atoms with Gasteiger partial charge in [-0.2, -0.15) is 0 Å². The van der Waals surface area contributed by atoms with E-state index >= 15 is 0 Å². The molecule has 174 valence electrons. The van der Waals surface area contributed by atoms with Crippen LogP contribution >= 0.6 is 0 Å². The minimum absolute atomic E-state index is 0.223. The zero-order valence-corrected chi connectivity index (χ0v) is 18.1. The summed E-state index contributed by atoms with van der Waals surface area (Å²) < 4.78 is 10.1. The standard InChI is InChI=1S/C14H10O4.C12H12O4/c15-13(16)11-5-1-9(2-6-11)10-3-7-12(8-4-10)14(17)18;13-11-9-3-5-10(6-4-9)12(14)16-8-2-1-7-15-11/h1-8H,(H,15,16)(H,17,18);3-6H,1-2,7-8H2. The number of benzene rings is 3. The SMILES string of the molecule is O=C(O)c1ccc(-c2ccc(C(=O)O)cc2)cc1.O=C1OCCCCOC(=O)c2ccc1cc2. The quantitative estimate of drug-likeness (QED) is 0.543. The number of carboxylic acid groups (broad SMARTS) is 2. The van der Waals surface area contributed by atoms with E-state index in [1.54, 1.807) is 48.5 Å². The molecule has 5 rings (SSSR count). The van der Waals surface area contributed by atoms with E-state index < -0.39 is 11.9 Å². The number of carboxylic acids is 2. The van der Waals surface area contributed by atoms with Gasteiger partial charge in [-0.1, -0.05) is 24.3 Å². The average molecular weight is 462 g/mol. The summed E-state index contributed by atoms with van der Waals surface area (Å²) in [5.41, 5.74) is 3.05. The summed E-state index contributed by atoms with van der Waals surface area (Å²) >= 11 is 0. The van der Waals surface area contributed by atoms with Gasteiger partial charge in [0.25, 0.3) is 0 Å². The Morgan fingerprint density at radius 1 is 0.529 bits per heavy atom. The van der Waals surface area contributed by atoms with Gasteiger partial charge in [-0.25, -0.2) is 19.2 Å². The van der Waals surface area contributed by atoms with Gasteiger partial charge in [0.1, 0.15) is 0 Å². The molecular weight excluding hydrogens is 440 g/mol. The smallest absolute Gasteiger partial charge is 0.338 e. The van der Waals surface area contributed by atoms with Crippen molar-refractivity contribution in [2.75, 3.05) is 13.2 Å². The molecular formula is C26H22O8. The van der Waals surface area contributed by atoms with Crippen molar-refractivity contribution < 1.29 is 38.9 Å². The van der Waals surface area contributed by atoms with Crippen molar-refractivity contribution >= 4 is 23.9 Å². The zero-order chi connectivity index (χ0) is 24.5. The molecule has 2 heterocycles. The number of rotatable bonds is 3. The van der Waals surface area contributed by atoms with Crippen molar-refractivity contribution in [3.05, 3.63) is 95.1 Å². The molecule has 0 amide bonds. The van der Waals surface area contributed by atoms with Crippen LogP contribution in [0.25, 0.3) is 11.1 Å². The highest BCUT2D eigenvalue weighted by Gasteiger charge is 2.12. The first-order chi connectivity index (χ1) is 16.3. The molecule has 0 atom stereocenters. The predicted molar refractivity (Wildman–Crippen MR) is 122 cm³/mol. The molecule has 0 saturated carbocycles. The Labute approximate surface area is 195 Å². The lowest BCUT2D eigenvalue weighted by Gasteiger charge is -2.09. The van der Waals surface area contributed by atoms with Crippen LogP contribution in [0.5, 0.6) is 0 Å². The number of hydrogen-bond acceptors (Lipinski definition) is 6. The van der Waals surface area contributed by atoms with Crippen molar-refractivity contribution in [2.45, 2.75) is 12.8 Å². The van der Waals surface area contributed by atoms with Crippen LogP contribution in [0.4, 0.5) is 0 Å². The highest BCUT2D eigenvalue weighted by atomic mass is 16.5. The largest absolute Gasteiger partial charge is 0.478 e. The van der Waals surface area contributed by atoms with Gasteiger partial charge in [0.15, 0.2) is 0 Å². The number of ether oxygens (including phenoxy) is 2. The molecule has 0 fully saturated rings. The van der Waals surface area contributed by atoms with Crippen LogP contribution in [-0.2, 0) is 9.47 Å². The second kappa shape index (κ2) is 11.4. The summed E-state index contributed by atoms with van der Waals surface area (Å²) in [5, 5.41) is 17.6. The summed E-state index contributed by atoms with van der Waals surface area (Å²) in [5.74, 6) is -2.63. The summed E-state index contributed by atoms with van der Waals surface area (Å²) in [4.78, 5) is 44.4. The molecule has 0 unspecified atom stereocenters. The molecule has 0 saturated heterocycles. The molecule has 34 heavy (non-hydrogen) atoms. The van der Waals surface area contributed by atoms with Gasteiger partial charge in [0.05, 0.1) is 35.5 Å². The Morgan fingerprint density at radius 2 is 0.824 bits per heavy atom. The number of fused-ring (bicyclic) bond motifs is 9. The summed E-state index contributed by atoms with van der Waals surface area (Å²) in [6.45, 7) is 0.719. The number of hydrogen-bond donors (Lipinski definition) is 2. The number of carbonyl (C=O) groups excluding carboxylic acids is 2. The minimum Gasteiger partial charge on any atom is -0.478 e. The predicted octanol–water partition coefficient (Wildman–Crippen LogP) is 4.54. The van der Waals surface area contributed by atoms with Crippen molar-refractivity contribution in [3.8, 4) is 11.1 Å². The molecule has 3 aromatic rings. The van der Waals surface area contributed by atoms with Gasteiger partial charge in [0.2, 0.25) is 0 Å². The zero-order valence-electron chi connectivity index (χ0n) is 18.1. The fourth-order valence-corrected chi connectivity index (χ4v) is 3.05. The van der Waals surface area contributed by atoms with Crippen LogP contribution in [0.15, 0.2) is 72.8 Å². The third-order valence-corrected chi connectivity index (χ3v) is 4.96. The van der Waals surface area contributed by atoms with E-state index in [0.717, 1.165) is 11.1 Å². The molecule has 0 radical (unpaired) electrons. The van der Waals surface area contributed by atoms with E-state index in [1.807, 2.05) is 0 Å². The summed E-state index contributed by atoms with van der Waals surface area (Å²) in [7, 11) is 0. The van der Waals surface area contributed by atoms with Crippen LogP contribution in [0.2, 0.25) is 0 Å². The van der Waals surface area contributed by atoms with Crippen molar-refractivity contribution in [1.82, 2.24) is 0 Å². The molecule has 2 bridgehead atoms. The number of esters is 2. The van der Waals surface area contributed by atoms with E-state index in [9.17, 15) is 19.2 Å². The van der Waals surface area contributed by atoms with Gasteiger partial charge in [-0.05, 0) is 72.5 Å². The molecule has 8 nitrogen and oxygen atoms in total. The van der Waals surface area contributed by atoms with Gasteiger partial charge >= 0.3 is 23.9 Å². The lowest BCUT2D eigenvalue weighted by Crippen LogP contribution is -2.12. The second-order valence-corrected chi connectivity index (χ2v) is 7.32. The number of aromatic carboxylic acids is 2. The first-order valence-electron chi connectivity index (χ1n) is 10.5. The maximum absolute atomic E-state index is 11.5. The Kier molecular flexibility index (Phi) is 8.12. The topological polar surface area (TPSA) is 127 Å². The van der Waals surface area contributed by atoms with Crippen LogP contribution in [0.3, 0.4) is 0 Å². The first kappa shape index (κ1) is 24.2. The van der Waals surface area contributed by atoms with Gasteiger partial charge in [0, 0.05) is 0 Å². The molecule has 0 spiro atoms. The third-order valence-electron chi connectivity index (χ3n) is 4.96. The molecule has 2 aliphatic heterocycles. The van der Waals surface area contributed by atoms with Gasteiger partial charge in [-0.3, -0.25) is 0 Å². The Morgan fingerprint density at radius 3 is 1.12 bits per heavy atom. The summed E-state index contributed by atoms with van der Waals surface area (Å²) in [6.07, 6.45) is 1.41. The normalized spacial score (nSPS) is 13.3. The van der Waals surface area contributed by atoms with E-state index in [1.165, 1.54) is 24.3 Å². The Balaban J connectivity index is 0.000000192. The molecule has 0 aliphatic carbocycles. The van der Waals surface area contributed by atoms with E-state index in [4.69, 9.17) is 19.7 Å². The summed E-state index contributed by atoms with van der Waals surface area (Å²) in [6, 6.07) is 19.1. The highest BCUT2D eigenvalue weighted by molar-refractivity contribution is 5.93. The fourth-order valence-electron chi connectivity index (χ4n) is 3.05. The third kappa shape index (κ3) is 6.52. The highest BCUT2D eigenvalue weighted by Crippen LogP contribution is 2.20. The lowest BCUT2D eigenvalue weighted by atomic mass is 10.0.